The van der Waals surface area contributed by atoms with Gasteiger partial charge in [-0.1, -0.05) is 0 Å². The minimum atomic E-state index is 0.0249. The lowest BCUT2D eigenvalue weighted by Gasteiger charge is -2.13. The number of ether oxygens (including phenoxy) is 1. The summed E-state index contributed by atoms with van der Waals surface area (Å²) >= 11 is 0. The number of nitrogen functional groups attached to an aromatic ring is 1. The van der Waals surface area contributed by atoms with E-state index in [1.807, 2.05) is 26.0 Å². The Balaban J connectivity index is 1.96. The quantitative estimate of drug-likeness (QED) is 0.836. The van der Waals surface area contributed by atoms with Crippen LogP contribution in [0.15, 0.2) is 30.9 Å². The predicted molar refractivity (Wildman–Crippen MR) is 78.6 cm³/mol. The SMILES string of the molecule is CC(C)Oc1ncnc(NCCc2ccncc2)c1N. The van der Waals surface area contributed by atoms with Crippen LogP contribution in [-0.4, -0.2) is 27.6 Å². The van der Waals surface area contributed by atoms with E-state index in [0.29, 0.717) is 17.4 Å². The van der Waals surface area contributed by atoms with E-state index in [0.717, 1.165) is 13.0 Å². The maximum atomic E-state index is 5.99. The monoisotopic (exact) mass is 273 g/mol. The van der Waals surface area contributed by atoms with E-state index < -0.39 is 0 Å². The van der Waals surface area contributed by atoms with Gasteiger partial charge in [0.05, 0.1) is 6.10 Å². The number of anilines is 2. The summed E-state index contributed by atoms with van der Waals surface area (Å²) < 4.78 is 5.53. The summed E-state index contributed by atoms with van der Waals surface area (Å²) in [5.41, 5.74) is 7.64. The van der Waals surface area contributed by atoms with Crippen LogP contribution in [0.25, 0.3) is 0 Å². The lowest BCUT2D eigenvalue weighted by atomic mass is 10.2. The van der Waals surface area contributed by atoms with Gasteiger partial charge in [0.2, 0.25) is 5.88 Å². The zero-order chi connectivity index (χ0) is 14.4. The third-order valence-corrected chi connectivity index (χ3v) is 2.65. The van der Waals surface area contributed by atoms with E-state index in [9.17, 15) is 0 Å². The van der Waals surface area contributed by atoms with Gasteiger partial charge in [-0.15, -0.1) is 0 Å². The molecule has 0 radical (unpaired) electrons. The summed E-state index contributed by atoms with van der Waals surface area (Å²) in [6.07, 6.45) is 5.90. The molecule has 106 valence electrons. The number of aromatic nitrogens is 3. The van der Waals surface area contributed by atoms with Crippen molar-refractivity contribution in [1.82, 2.24) is 15.0 Å². The van der Waals surface area contributed by atoms with Crippen molar-refractivity contribution in [2.75, 3.05) is 17.6 Å². The Hall–Kier alpha value is -2.37. The van der Waals surface area contributed by atoms with Crippen LogP contribution in [-0.2, 0) is 6.42 Å². The standard InChI is InChI=1S/C14H19N5O/c1-10(2)20-14-12(15)13(18-9-19-14)17-8-5-11-3-6-16-7-4-11/h3-4,6-7,9-10H,5,8,15H2,1-2H3,(H,17,18,19). The Morgan fingerprint density at radius 2 is 2.00 bits per heavy atom. The maximum Gasteiger partial charge on any atom is 0.242 e. The fourth-order valence-electron chi connectivity index (χ4n) is 1.71. The first-order chi connectivity index (χ1) is 9.66. The van der Waals surface area contributed by atoms with Crippen LogP contribution in [0.2, 0.25) is 0 Å². The average molecular weight is 273 g/mol. The number of hydrogen-bond acceptors (Lipinski definition) is 6. The molecule has 20 heavy (non-hydrogen) atoms. The lowest BCUT2D eigenvalue weighted by Crippen LogP contribution is -2.13. The molecule has 2 aromatic rings. The summed E-state index contributed by atoms with van der Waals surface area (Å²) in [6, 6.07) is 3.97. The van der Waals surface area contributed by atoms with Gasteiger partial charge in [0.1, 0.15) is 12.0 Å². The van der Waals surface area contributed by atoms with Crippen LogP contribution in [0, 0.1) is 0 Å². The summed E-state index contributed by atoms with van der Waals surface area (Å²) in [5, 5.41) is 3.20. The highest BCUT2D eigenvalue weighted by molar-refractivity contribution is 5.66. The largest absolute Gasteiger partial charge is 0.473 e. The highest BCUT2D eigenvalue weighted by Gasteiger charge is 2.10. The Morgan fingerprint density at radius 1 is 1.25 bits per heavy atom. The number of nitrogens with two attached hydrogens (primary N) is 1. The molecule has 0 amide bonds. The van der Waals surface area contributed by atoms with Crippen molar-refractivity contribution in [3.8, 4) is 5.88 Å². The highest BCUT2D eigenvalue weighted by Crippen LogP contribution is 2.25. The molecule has 2 aromatic heterocycles. The molecule has 0 saturated carbocycles. The zero-order valence-electron chi connectivity index (χ0n) is 11.7. The topological polar surface area (TPSA) is 86.0 Å². The van der Waals surface area contributed by atoms with Crippen molar-refractivity contribution in [1.29, 1.82) is 0 Å². The lowest BCUT2D eigenvalue weighted by molar-refractivity contribution is 0.234. The Bertz CT molecular complexity index is 545. The molecular weight excluding hydrogens is 254 g/mol. The second-order valence-electron chi connectivity index (χ2n) is 4.64. The minimum Gasteiger partial charge on any atom is -0.473 e. The summed E-state index contributed by atoms with van der Waals surface area (Å²) in [4.78, 5) is 12.2. The molecule has 6 heteroatoms. The molecule has 0 unspecified atom stereocenters. The molecule has 0 bridgehead atoms. The number of nitrogens with one attached hydrogen (secondary N) is 1. The first-order valence-electron chi connectivity index (χ1n) is 6.56. The molecule has 0 aliphatic carbocycles. The number of hydrogen-bond donors (Lipinski definition) is 2. The average Bonchev–Trinajstić information content (AvgIpc) is 2.43. The van der Waals surface area contributed by atoms with Crippen molar-refractivity contribution in [3.05, 3.63) is 36.4 Å². The third-order valence-electron chi connectivity index (χ3n) is 2.65. The summed E-state index contributed by atoms with van der Waals surface area (Å²) in [7, 11) is 0. The fraction of sp³-hybridized carbons (Fsp3) is 0.357. The van der Waals surface area contributed by atoms with E-state index in [-0.39, 0.29) is 6.10 Å². The first-order valence-corrected chi connectivity index (χ1v) is 6.56. The summed E-state index contributed by atoms with van der Waals surface area (Å²) in [5.74, 6) is 1.02. The molecule has 0 spiro atoms. The van der Waals surface area contributed by atoms with Gasteiger partial charge in [-0.2, -0.15) is 4.98 Å². The van der Waals surface area contributed by atoms with Gasteiger partial charge in [0, 0.05) is 18.9 Å². The van der Waals surface area contributed by atoms with Gasteiger partial charge in [0.15, 0.2) is 5.82 Å². The van der Waals surface area contributed by atoms with Crippen molar-refractivity contribution >= 4 is 11.5 Å². The number of rotatable bonds is 6. The molecule has 0 aliphatic heterocycles. The second kappa shape index (κ2) is 6.70. The smallest absolute Gasteiger partial charge is 0.242 e. The molecule has 2 rings (SSSR count). The predicted octanol–water partition coefficient (Wildman–Crippen LogP) is 1.90. The number of pyridine rings is 1. The van der Waals surface area contributed by atoms with Crippen molar-refractivity contribution in [2.24, 2.45) is 0 Å². The molecule has 3 N–H and O–H groups in total. The zero-order valence-corrected chi connectivity index (χ0v) is 11.7. The van der Waals surface area contributed by atoms with Gasteiger partial charge in [-0.25, -0.2) is 4.98 Å². The van der Waals surface area contributed by atoms with Crippen LogP contribution in [0.5, 0.6) is 5.88 Å². The molecule has 0 fully saturated rings. The highest BCUT2D eigenvalue weighted by atomic mass is 16.5. The van der Waals surface area contributed by atoms with E-state index in [1.165, 1.54) is 11.9 Å². The van der Waals surface area contributed by atoms with E-state index in [2.05, 4.69) is 20.3 Å². The molecular formula is C14H19N5O. The van der Waals surface area contributed by atoms with E-state index in [1.54, 1.807) is 12.4 Å². The number of nitrogens with zero attached hydrogens (tertiary/aromatic N) is 3. The van der Waals surface area contributed by atoms with Gasteiger partial charge >= 0.3 is 0 Å². The molecule has 0 saturated heterocycles. The van der Waals surface area contributed by atoms with Crippen LogP contribution < -0.4 is 15.8 Å². The Kier molecular flexibility index (Phi) is 4.70. The van der Waals surface area contributed by atoms with E-state index >= 15 is 0 Å². The third kappa shape index (κ3) is 3.81. The van der Waals surface area contributed by atoms with Gasteiger partial charge in [-0.3, -0.25) is 4.98 Å². The first kappa shape index (κ1) is 14.0. The normalized spacial score (nSPS) is 10.6. The molecule has 2 heterocycles. The summed E-state index contributed by atoms with van der Waals surface area (Å²) in [6.45, 7) is 4.59. The van der Waals surface area contributed by atoms with Crippen LogP contribution in [0.1, 0.15) is 19.4 Å². The molecule has 0 atom stereocenters. The van der Waals surface area contributed by atoms with Gasteiger partial charge < -0.3 is 15.8 Å². The molecule has 0 aliphatic rings. The fourth-order valence-corrected chi connectivity index (χ4v) is 1.71. The molecule has 6 nitrogen and oxygen atoms in total. The van der Waals surface area contributed by atoms with Crippen LogP contribution in [0.3, 0.4) is 0 Å². The van der Waals surface area contributed by atoms with Crippen LogP contribution >= 0.6 is 0 Å². The van der Waals surface area contributed by atoms with Gasteiger partial charge in [0.25, 0.3) is 0 Å². The second-order valence-corrected chi connectivity index (χ2v) is 4.64. The maximum absolute atomic E-state index is 5.99. The van der Waals surface area contributed by atoms with E-state index in [4.69, 9.17) is 10.5 Å². The Morgan fingerprint density at radius 3 is 2.70 bits per heavy atom. The van der Waals surface area contributed by atoms with Crippen molar-refractivity contribution in [3.63, 3.8) is 0 Å². The van der Waals surface area contributed by atoms with Crippen molar-refractivity contribution in [2.45, 2.75) is 26.4 Å². The Labute approximate surface area is 118 Å². The van der Waals surface area contributed by atoms with Crippen LogP contribution in [0.4, 0.5) is 11.5 Å². The van der Waals surface area contributed by atoms with Crippen molar-refractivity contribution < 1.29 is 4.74 Å². The molecule has 0 aromatic carbocycles. The minimum absolute atomic E-state index is 0.0249. The van der Waals surface area contributed by atoms with Gasteiger partial charge in [-0.05, 0) is 38.0 Å².